The molecule has 0 atom stereocenters. The van der Waals surface area contributed by atoms with Gasteiger partial charge in [0.25, 0.3) is 0 Å². The van der Waals surface area contributed by atoms with E-state index < -0.39 is 0 Å². The Morgan fingerprint density at radius 2 is 2.31 bits per heavy atom. The summed E-state index contributed by atoms with van der Waals surface area (Å²) in [6, 6.07) is 1.79. The largest absolute Gasteiger partial charge is 0.481 e. The van der Waals surface area contributed by atoms with Gasteiger partial charge in [-0.3, -0.25) is 0 Å². The number of ether oxygens (including phenoxy) is 2. The van der Waals surface area contributed by atoms with Gasteiger partial charge in [-0.05, 0) is 35.6 Å². The van der Waals surface area contributed by atoms with Crippen molar-refractivity contribution < 1.29 is 9.47 Å². The second-order valence-corrected chi connectivity index (χ2v) is 4.55. The van der Waals surface area contributed by atoms with Crippen LogP contribution >= 0.6 is 34.2 Å². The molecule has 0 bridgehead atoms. The van der Waals surface area contributed by atoms with Crippen LogP contribution in [0.2, 0.25) is 5.15 Å². The molecule has 3 nitrogen and oxygen atoms in total. The quantitative estimate of drug-likeness (QED) is 0.352. The molecule has 88 valence electrons. The van der Waals surface area contributed by atoms with Gasteiger partial charge in [-0.1, -0.05) is 23.8 Å². The molecule has 5 heteroatoms. The highest BCUT2D eigenvalue weighted by Crippen LogP contribution is 2.25. The van der Waals surface area contributed by atoms with Gasteiger partial charge >= 0.3 is 0 Å². The molecule has 0 saturated carbocycles. The Labute approximate surface area is 114 Å². The molecule has 0 saturated heterocycles. The molecule has 0 aliphatic rings. The van der Waals surface area contributed by atoms with Crippen molar-refractivity contribution in [3.63, 3.8) is 0 Å². The van der Waals surface area contributed by atoms with Gasteiger partial charge in [0.15, 0.2) is 0 Å². The van der Waals surface area contributed by atoms with Gasteiger partial charge in [0.1, 0.15) is 5.15 Å². The van der Waals surface area contributed by atoms with Crippen molar-refractivity contribution >= 4 is 34.2 Å². The topological polar surface area (TPSA) is 31.4 Å². The van der Waals surface area contributed by atoms with Crippen LogP contribution in [0.4, 0.5) is 0 Å². The van der Waals surface area contributed by atoms with E-state index in [-0.39, 0.29) is 0 Å². The molecule has 0 aliphatic heterocycles. The van der Waals surface area contributed by atoms with E-state index >= 15 is 0 Å². The van der Waals surface area contributed by atoms with E-state index in [1.165, 1.54) is 0 Å². The molecule has 1 heterocycles. The van der Waals surface area contributed by atoms with Crippen molar-refractivity contribution in [1.82, 2.24) is 4.98 Å². The maximum atomic E-state index is 5.84. The van der Waals surface area contributed by atoms with Gasteiger partial charge in [-0.2, -0.15) is 0 Å². The van der Waals surface area contributed by atoms with Crippen LogP contribution in [-0.2, 0) is 11.3 Å². The fourth-order valence-corrected chi connectivity index (χ4v) is 2.17. The van der Waals surface area contributed by atoms with Gasteiger partial charge < -0.3 is 9.47 Å². The molecule has 16 heavy (non-hydrogen) atoms. The lowest BCUT2D eigenvalue weighted by molar-refractivity contribution is 0.145. The minimum atomic E-state index is 0.429. The van der Waals surface area contributed by atoms with Crippen LogP contribution < -0.4 is 4.74 Å². The summed E-state index contributed by atoms with van der Waals surface area (Å²) in [5, 5.41) is 0.429. The average Bonchev–Trinajstić information content (AvgIpc) is 2.26. The number of aromatic nitrogens is 1. The van der Waals surface area contributed by atoms with Crippen molar-refractivity contribution in [2.45, 2.75) is 13.5 Å². The average molecular weight is 354 g/mol. The molecule has 0 N–H and O–H groups in total. The second-order valence-electron chi connectivity index (χ2n) is 3.00. The first kappa shape index (κ1) is 13.7. The zero-order chi connectivity index (χ0) is 12.0. The minimum Gasteiger partial charge on any atom is -0.481 e. The summed E-state index contributed by atoms with van der Waals surface area (Å²) in [7, 11) is 1.57. The molecule has 0 unspecified atom stereocenters. The van der Waals surface area contributed by atoms with Gasteiger partial charge in [0.05, 0.1) is 25.9 Å². The van der Waals surface area contributed by atoms with Crippen LogP contribution in [0.3, 0.4) is 0 Å². The Balaban J connectivity index is 2.77. The van der Waals surface area contributed by atoms with E-state index in [1.54, 1.807) is 13.2 Å². The van der Waals surface area contributed by atoms with E-state index in [9.17, 15) is 0 Å². The molecule has 0 spiro atoms. The summed E-state index contributed by atoms with van der Waals surface area (Å²) in [6.45, 7) is 3.01. The van der Waals surface area contributed by atoms with Crippen molar-refractivity contribution in [1.29, 1.82) is 0 Å². The van der Waals surface area contributed by atoms with Crippen LogP contribution in [0.1, 0.15) is 12.5 Å². The zero-order valence-corrected chi connectivity index (χ0v) is 12.1. The lowest BCUT2D eigenvalue weighted by Gasteiger charge is -2.09. The van der Waals surface area contributed by atoms with Crippen LogP contribution in [0, 0.1) is 3.57 Å². The van der Waals surface area contributed by atoms with Gasteiger partial charge in [0.2, 0.25) is 5.88 Å². The Hall–Kier alpha value is -0.330. The maximum absolute atomic E-state index is 5.84. The maximum Gasteiger partial charge on any atom is 0.221 e. The van der Waals surface area contributed by atoms with Crippen molar-refractivity contribution in [3.8, 4) is 5.88 Å². The second kappa shape index (κ2) is 7.09. The van der Waals surface area contributed by atoms with Gasteiger partial charge in [-0.15, -0.1) is 0 Å². The monoisotopic (exact) mass is 353 g/mol. The molecule has 1 aromatic heterocycles. The Morgan fingerprint density at radius 1 is 1.56 bits per heavy atom. The zero-order valence-electron chi connectivity index (χ0n) is 9.17. The summed E-state index contributed by atoms with van der Waals surface area (Å²) >= 11 is 8.03. The van der Waals surface area contributed by atoms with Crippen molar-refractivity contribution in [3.05, 3.63) is 32.5 Å². The summed E-state index contributed by atoms with van der Waals surface area (Å²) in [6.07, 6.45) is 3.89. The third-order valence-electron chi connectivity index (χ3n) is 1.89. The summed E-state index contributed by atoms with van der Waals surface area (Å²) in [4.78, 5) is 4.09. The number of hydrogen-bond donors (Lipinski definition) is 0. The molecule has 0 amide bonds. The highest BCUT2D eigenvalue weighted by molar-refractivity contribution is 14.1. The molecule has 0 radical (unpaired) electrons. The van der Waals surface area contributed by atoms with Crippen LogP contribution in [-0.4, -0.2) is 18.7 Å². The number of pyridine rings is 1. The Morgan fingerprint density at radius 3 is 2.94 bits per heavy atom. The summed E-state index contributed by atoms with van der Waals surface area (Å²) < 4.78 is 11.6. The predicted octanol–water partition coefficient (Wildman–Crippen LogP) is 3.44. The third-order valence-corrected chi connectivity index (χ3v) is 3.05. The number of methoxy groups -OCH3 is 1. The smallest absolute Gasteiger partial charge is 0.221 e. The van der Waals surface area contributed by atoms with Crippen molar-refractivity contribution in [2.24, 2.45) is 0 Å². The van der Waals surface area contributed by atoms with Crippen LogP contribution in [0.25, 0.3) is 0 Å². The molecule has 0 aliphatic carbocycles. The summed E-state index contributed by atoms with van der Waals surface area (Å²) in [5.74, 6) is 0.525. The molecule has 0 fully saturated rings. The third kappa shape index (κ3) is 3.92. The number of halogens is 2. The lowest BCUT2D eigenvalue weighted by atomic mass is 10.3. The molecular formula is C11H13ClINO2. The van der Waals surface area contributed by atoms with Crippen molar-refractivity contribution in [2.75, 3.05) is 13.7 Å². The highest BCUT2D eigenvalue weighted by Gasteiger charge is 2.10. The van der Waals surface area contributed by atoms with Gasteiger partial charge in [0, 0.05) is 3.57 Å². The fraction of sp³-hybridized carbons (Fsp3) is 0.364. The number of rotatable bonds is 5. The van der Waals surface area contributed by atoms with Crippen LogP contribution in [0.15, 0.2) is 18.2 Å². The van der Waals surface area contributed by atoms with E-state index in [2.05, 4.69) is 27.6 Å². The minimum absolute atomic E-state index is 0.429. The van der Waals surface area contributed by atoms with E-state index in [0.29, 0.717) is 24.2 Å². The first-order valence-electron chi connectivity index (χ1n) is 4.76. The standard InChI is InChI=1S/C11H13ClINO2/c1-3-4-5-16-7-8-9(13)6-10(12)14-11(8)15-2/h3-4,6H,5,7H2,1-2H3. The molecule has 1 rings (SSSR count). The Bertz CT molecular complexity index is 382. The molecule has 0 aromatic carbocycles. The SMILES string of the molecule is CC=CCOCc1c(I)cc(Cl)nc1OC. The summed E-state index contributed by atoms with van der Waals surface area (Å²) in [5.41, 5.74) is 0.928. The number of allylic oxidation sites excluding steroid dienone is 1. The Kier molecular flexibility index (Phi) is 6.08. The lowest BCUT2D eigenvalue weighted by Crippen LogP contribution is -2.01. The first-order valence-corrected chi connectivity index (χ1v) is 6.22. The molecule has 1 aromatic rings. The predicted molar refractivity (Wildman–Crippen MR) is 73.0 cm³/mol. The normalized spacial score (nSPS) is 11.0. The molecular weight excluding hydrogens is 340 g/mol. The van der Waals surface area contributed by atoms with Crippen LogP contribution in [0.5, 0.6) is 5.88 Å². The van der Waals surface area contributed by atoms with E-state index in [1.807, 2.05) is 19.1 Å². The van der Waals surface area contributed by atoms with E-state index in [4.69, 9.17) is 21.1 Å². The highest BCUT2D eigenvalue weighted by atomic mass is 127. The number of hydrogen-bond acceptors (Lipinski definition) is 3. The van der Waals surface area contributed by atoms with E-state index in [0.717, 1.165) is 9.13 Å². The fourth-order valence-electron chi connectivity index (χ4n) is 1.12. The number of nitrogens with zero attached hydrogens (tertiary/aromatic N) is 1. The van der Waals surface area contributed by atoms with Gasteiger partial charge in [-0.25, -0.2) is 4.98 Å². The first-order chi connectivity index (χ1) is 7.69.